The number of imidazole rings is 1. The summed E-state index contributed by atoms with van der Waals surface area (Å²) >= 11 is 0. The van der Waals surface area contributed by atoms with Crippen molar-refractivity contribution in [2.45, 2.75) is 65.1 Å². The lowest BCUT2D eigenvalue weighted by Gasteiger charge is -2.40. The number of anilines is 1. The van der Waals surface area contributed by atoms with Gasteiger partial charge in [-0.3, -0.25) is 9.47 Å². The van der Waals surface area contributed by atoms with E-state index >= 15 is 0 Å². The Morgan fingerprint density at radius 2 is 1.78 bits per heavy atom. The Bertz CT molecular complexity index is 1190. The average molecular weight is 490 g/mol. The summed E-state index contributed by atoms with van der Waals surface area (Å²) in [5.41, 5.74) is 11.5. The molecule has 1 aromatic carbocycles. The predicted molar refractivity (Wildman–Crippen MR) is 144 cm³/mol. The van der Waals surface area contributed by atoms with Crippen molar-refractivity contribution in [3.8, 4) is 6.01 Å². The lowest BCUT2D eigenvalue weighted by molar-refractivity contribution is 0.149. The SMILES string of the molecule is C=C(C1CCN(Cc2cnc(N)nc2)CC1)N1CCC(n2c(OC(C)C)nc3cc(C)ccc32)CC1. The fraction of sp³-hybridized carbons (Fsp3) is 0.536. The maximum atomic E-state index is 6.15. The quantitative estimate of drug-likeness (QED) is 0.520. The summed E-state index contributed by atoms with van der Waals surface area (Å²) < 4.78 is 8.49. The minimum absolute atomic E-state index is 0.0972. The van der Waals surface area contributed by atoms with Crippen molar-refractivity contribution in [3.05, 3.63) is 54.0 Å². The van der Waals surface area contributed by atoms with Gasteiger partial charge in [-0.05, 0) is 77.2 Å². The molecule has 4 heterocycles. The fourth-order valence-corrected chi connectivity index (χ4v) is 5.63. The largest absolute Gasteiger partial charge is 0.462 e. The van der Waals surface area contributed by atoms with Gasteiger partial charge in [0, 0.05) is 55.2 Å². The van der Waals surface area contributed by atoms with Crippen LogP contribution >= 0.6 is 0 Å². The summed E-state index contributed by atoms with van der Waals surface area (Å²) in [5, 5.41) is 0. The summed E-state index contributed by atoms with van der Waals surface area (Å²) in [4.78, 5) is 18.1. The van der Waals surface area contributed by atoms with Crippen LogP contribution in [0, 0.1) is 12.8 Å². The van der Waals surface area contributed by atoms with Crippen LogP contribution < -0.4 is 10.5 Å². The van der Waals surface area contributed by atoms with E-state index in [0.717, 1.165) is 75.5 Å². The van der Waals surface area contributed by atoms with Gasteiger partial charge in [0.05, 0.1) is 17.1 Å². The minimum Gasteiger partial charge on any atom is -0.462 e. The number of likely N-dealkylation sites (tertiary alicyclic amines) is 2. The predicted octanol–water partition coefficient (Wildman–Crippen LogP) is 4.57. The minimum atomic E-state index is 0.0972. The molecule has 0 aliphatic carbocycles. The zero-order valence-corrected chi connectivity index (χ0v) is 21.9. The number of benzene rings is 1. The maximum Gasteiger partial charge on any atom is 0.297 e. The summed E-state index contributed by atoms with van der Waals surface area (Å²) in [6.45, 7) is 15.9. The van der Waals surface area contributed by atoms with Gasteiger partial charge in [-0.15, -0.1) is 0 Å². The Hall–Kier alpha value is -3.13. The number of hydrogen-bond donors (Lipinski definition) is 1. The molecule has 2 aliphatic heterocycles. The molecule has 0 unspecified atom stereocenters. The van der Waals surface area contributed by atoms with E-state index in [1.165, 1.54) is 16.8 Å². The summed E-state index contributed by atoms with van der Waals surface area (Å²) in [6, 6.07) is 7.66. The summed E-state index contributed by atoms with van der Waals surface area (Å²) in [7, 11) is 0. The van der Waals surface area contributed by atoms with E-state index in [2.05, 4.69) is 69.9 Å². The highest BCUT2D eigenvalue weighted by Gasteiger charge is 2.29. The smallest absolute Gasteiger partial charge is 0.297 e. The van der Waals surface area contributed by atoms with Crippen molar-refractivity contribution in [2.75, 3.05) is 31.9 Å². The first-order valence-corrected chi connectivity index (χ1v) is 13.2. The molecular formula is C28H39N7O. The van der Waals surface area contributed by atoms with Crippen LogP contribution in [0.25, 0.3) is 11.0 Å². The summed E-state index contributed by atoms with van der Waals surface area (Å²) in [5.74, 6) is 0.884. The average Bonchev–Trinajstić information content (AvgIpc) is 3.21. The number of nitrogens with zero attached hydrogens (tertiary/aromatic N) is 6. The van der Waals surface area contributed by atoms with Gasteiger partial charge in [-0.2, -0.15) is 4.98 Å². The Balaban J connectivity index is 1.18. The number of hydrogen-bond acceptors (Lipinski definition) is 7. The first kappa shape index (κ1) is 24.6. The van der Waals surface area contributed by atoms with Crippen molar-refractivity contribution >= 4 is 17.0 Å². The number of aryl methyl sites for hydroxylation is 1. The van der Waals surface area contributed by atoms with Crippen LogP contribution in [0.3, 0.4) is 0 Å². The summed E-state index contributed by atoms with van der Waals surface area (Å²) in [6.07, 6.45) is 8.20. The number of nitrogens with two attached hydrogens (primary N) is 1. The topological polar surface area (TPSA) is 85.3 Å². The van der Waals surface area contributed by atoms with Crippen molar-refractivity contribution in [1.82, 2.24) is 29.3 Å². The Labute approximate surface area is 214 Å². The van der Waals surface area contributed by atoms with Crippen LogP contribution in [-0.2, 0) is 6.54 Å². The second kappa shape index (κ2) is 10.5. The van der Waals surface area contributed by atoms with Crippen molar-refractivity contribution in [1.29, 1.82) is 0 Å². The van der Waals surface area contributed by atoms with Gasteiger partial charge in [0.1, 0.15) is 0 Å². The van der Waals surface area contributed by atoms with Crippen LogP contribution in [-0.4, -0.2) is 61.6 Å². The standard InChI is InChI=1S/C28H39N7O/c1-19(2)36-28-32-25-15-20(3)5-6-26(25)35(28)24-9-13-34(14-10-24)21(4)23-7-11-33(12-8-23)18-22-16-30-27(29)31-17-22/h5-6,15-17,19,23-24H,4,7-14,18H2,1-3H3,(H2,29,30,31). The number of fused-ring (bicyclic) bond motifs is 1. The van der Waals surface area contributed by atoms with E-state index in [0.29, 0.717) is 17.9 Å². The van der Waals surface area contributed by atoms with Crippen LogP contribution in [0.2, 0.25) is 0 Å². The Kier molecular flexibility index (Phi) is 7.14. The number of aromatic nitrogens is 4. The molecule has 8 heteroatoms. The van der Waals surface area contributed by atoms with E-state index in [9.17, 15) is 0 Å². The lowest BCUT2D eigenvalue weighted by Crippen LogP contribution is -2.40. The van der Waals surface area contributed by atoms with Gasteiger partial charge in [-0.1, -0.05) is 12.6 Å². The molecule has 2 N–H and O–H groups in total. The fourth-order valence-electron chi connectivity index (χ4n) is 5.63. The first-order valence-electron chi connectivity index (χ1n) is 13.2. The van der Waals surface area contributed by atoms with Crippen LogP contribution in [0.1, 0.15) is 56.7 Å². The monoisotopic (exact) mass is 489 g/mol. The van der Waals surface area contributed by atoms with Gasteiger partial charge in [-0.25, -0.2) is 9.97 Å². The molecule has 2 aliphatic rings. The second-order valence-corrected chi connectivity index (χ2v) is 10.6. The molecule has 0 radical (unpaired) electrons. The number of rotatable bonds is 7. The zero-order chi connectivity index (χ0) is 25.2. The van der Waals surface area contributed by atoms with Gasteiger partial charge in [0.15, 0.2) is 0 Å². The van der Waals surface area contributed by atoms with E-state index in [1.54, 1.807) is 0 Å². The van der Waals surface area contributed by atoms with E-state index in [4.69, 9.17) is 15.5 Å². The molecule has 2 saturated heterocycles. The molecule has 0 saturated carbocycles. The zero-order valence-electron chi connectivity index (χ0n) is 21.9. The van der Waals surface area contributed by atoms with Gasteiger partial charge in [0.25, 0.3) is 6.01 Å². The second-order valence-electron chi connectivity index (χ2n) is 10.6. The third kappa shape index (κ3) is 5.33. The van der Waals surface area contributed by atoms with E-state index < -0.39 is 0 Å². The molecule has 192 valence electrons. The van der Waals surface area contributed by atoms with Gasteiger partial charge >= 0.3 is 0 Å². The van der Waals surface area contributed by atoms with Crippen LogP contribution in [0.5, 0.6) is 6.01 Å². The Morgan fingerprint density at radius 1 is 1.08 bits per heavy atom. The lowest BCUT2D eigenvalue weighted by atomic mass is 9.91. The molecule has 36 heavy (non-hydrogen) atoms. The van der Waals surface area contributed by atoms with Crippen LogP contribution in [0.4, 0.5) is 5.95 Å². The molecule has 0 spiro atoms. The molecule has 5 rings (SSSR count). The molecule has 0 atom stereocenters. The van der Waals surface area contributed by atoms with Crippen molar-refractivity contribution in [3.63, 3.8) is 0 Å². The molecule has 2 fully saturated rings. The maximum absolute atomic E-state index is 6.15. The molecule has 0 bridgehead atoms. The normalized spacial score (nSPS) is 18.3. The number of ether oxygens (including phenoxy) is 1. The molecule has 2 aromatic heterocycles. The highest BCUT2D eigenvalue weighted by Crippen LogP contribution is 2.35. The van der Waals surface area contributed by atoms with Crippen LogP contribution in [0.15, 0.2) is 42.9 Å². The highest BCUT2D eigenvalue weighted by molar-refractivity contribution is 5.77. The molecule has 3 aromatic rings. The third-order valence-electron chi connectivity index (χ3n) is 7.58. The molecule has 8 nitrogen and oxygen atoms in total. The third-order valence-corrected chi connectivity index (χ3v) is 7.58. The van der Waals surface area contributed by atoms with Crippen molar-refractivity contribution in [2.24, 2.45) is 5.92 Å². The van der Waals surface area contributed by atoms with Gasteiger partial charge < -0.3 is 15.4 Å². The number of nitrogen functional groups attached to an aromatic ring is 1. The molecule has 0 amide bonds. The first-order chi connectivity index (χ1) is 17.4. The Morgan fingerprint density at radius 3 is 2.44 bits per heavy atom. The number of allylic oxidation sites excluding steroid dienone is 1. The van der Waals surface area contributed by atoms with E-state index in [-0.39, 0.29) is 6.10 Å². The number of piperidine rings is 2. The molecular weight excluding hydrogens is 450 g/mol. The van der Waals surface area contributed by atoms with Crippen molar-refractivity contribution < 1.29 is 4.74 Å². The highest BCUT2D eigenvalue weighted by atomic mass is 16.5. The van der Waals surface area contributed by atoms with E-state index in [1.807, 2.05) is 12.4 Å². The van der Waals surface area contributed by atoms with Gasteiger partial charge in [0.2, 0.25) is 5.95 Å².